The minimum absolute atomic E-state index is 0.369. The highest BCUT2D eigenvalue weighted by Crippen LogP contribution is 2.36. The van der Waals surface area contributed by atoms with Crippen LogP contribution in [0.4, 0.5) is 4.79 Å². The second-order valence-electron chi connectivity index (χ2n) is 9.53. The van der Waals surface area contributed by atoms with Crippen molar-refractivity contribution >= 4 is 18.7 Å². The standard InChI is InChI=1S/C20H36BN3O4/c1-14-16(21-27-19(6,7)20(8,9)28-21)15(2)24(23-14)13-11-10-12-22-17(25)26-18(3,4)5/h10-13H2,1-9H3,(H,22,25). The summed E-state index contributed by atoms with van der Waals surface area (Å²) in [5, 5.41) is 7.46. The largest absolute Gasteiger partial charge is 0.498 e. The number of hydrogen-bond acceptors (Lipinski definition) is 5. The van der Waals surface area contributed by atoms with Gasteiger partial charge in [-0.15, -0.1) is 0 Å². The Morgan fingerprint density at radius 2 is 1.71 bits per heavy atom. The molecule has 0 aliphatic carbocycles. The van der Waals surface area contributed by atoms with Crippen LogP contribution in [-0.2, 0) is 20.6 Å². The number of rotatable bonds is 6. The maximum Gasteiger partial charge on any atom is 0.498 e. The lowest BCUT2D eigenvalue weighted by Gasteiger charge is -2.32. The summed E-state index contributed by atoms with van der Waals surface area (Å²) < 4.78 is 19.6. The third kappa shape index (κ3) is 5.29. The Labute approximate surface area is 169 Å². The van der Waals surface area contributed by atoms with E-state index < -0.39 is 12.7 Å². The number of nitrogens with one attached hydrogen (secondary N) is 1. The molecule has 2 rings (SSSR count). The summed E-state index contributed by atoms with van der Waals surface area (Å²) in [6.07, 6.45) is 1.38. The molecule has 1 fully saturated rings. The highest BCUT2D eigenvalue weighted by molar-refractivity contribution is 6.63. The van der Waals surface area contributed by atoms with Crippen LogP contribution in [0.2, 0.25) is 0 Å². The topological polar surface area (TPSA) is 74.6 Å². The summed E-state index contributed by atoms with van der Waals surface area (Å²) in [6, 6.07) is 0. The van der Waals surface area contributed by atoms with Crippen molar-refractivity contribution in [2.24, 2.45) is 0 Å². The molecular weight excluding hydrogens is 357 g/mol. The van der Waals surface area contributed by atoms with E-state index in [9.17, 15) is 4.79 Å². The average molecular weight is 393 g/mol. The highest BCUT2D eigenvalue weighted by Gasteiger charge is 2.53. The van der Waals surface area contributed by atoms with Gasteiger partial charge >= 0.3 is 13.2 Å². The van der Waals surface area contributed by atoms with Gasteiger partial charge < -0.3 is 19.4 Å². The summed E-state index contributed by atoms with van der Waals surface area (Å²) in [7, 11) is -0.396. The zero-order valence-corrected chi connectivity index (χ0v) is 18.9. The maximum atomic E-state index is 11.7. The van der Waals surface area contributed by atoms with E-state index in [2.05, 4.69) is 45.0 Å². The fourth-order valence-electron chi connectivity index (χ4n) is 3.12. The van der Waals surface area contributed by atoms with Crippen LogP contribution in [0.15, 0.2) is 0 Å². The molecule has 0 spiro atoms. The van der Waals surface area contributed by atoms with Gasteiger partial charge in [0.25, 0.3) is 0 Å². The van der Waals surface area contributed by atoms with Crippen molar-refractivity contribution in [2.45, 2.75) is 98.5 Å². The van der Waals surface area contributed by atoms with Gasteiger partial charge in [0.1, 0.15) is 5.60 Å². The van der Waals surface area contributed by atoms with E-state index in [-0.39, 0.29) is 17.3 Å². The minimum Gasteiger partial charge on any atom is -0.444 e. The summed E-state index contributed by atoms with van der Waals surface area (Å²) in [5.74, 6) is 0. The molecule has 158 valence electrons. The molecule has 0 saturated carbocycles. The Bertz CT molecular complexity index is 691. The van der Waals surface area contributed by atoms with Gasteiger partial charge in [-0.25, -0.2) is 4.79 Å². The molecule has 0 radical (unpaired) electrons. The minimum atomic E-state index is -0.475. The van der Waals surface area contributed by atoms with Crippen molar-refractivity contribution < 1.29 is 18.8 Å². The number of ether oxygens (including phenoxy) is 1. The molecule has 0 unspecified atom stereocenters. The smallest absolute Gasteiger partial charge is 0.444 e. The molecule has 1 N–H and O–H groups in total. The van der Waals surface area contributed by atoms with Gasteiger partial charge in [0.15, 0.2) is 0 Å². The van der Waals surface area contributed by atoms with Crippen LogP contribution < -0.4 is 10.8 Å². The zero-order valence-electron chi connectivity index (χ0n) is 18.9. The number of aromatic nitrogens is 2. The summed E-state index contributed by atoms with van der Waals surface area (Å²) in [6.45, 7) is 19.2. The van der Waals surface area contributed by atoms with Crippen LogP contribution in [0.25, 0.3) is 0 Å². The van der Waals surface area contributed by atoms with Gasteiger partial charge in [-0.1, -0.05) is 0 Å². The first kappa shape index (κ1) is 22.8. The Balaban J connectivity index is 1.88. The first-order valence-electron chi connectivity index (χ1n) is 10.1. The molecule has 0 bridgehead atoms. The van der Waals surface area contributed by atoms with Crippen LogP contribution in [-0.4, -0.2) is 46.3 Å². The van der Waals surface area contributed by atoms with Crippen molar-refractivity contribution in [1.29, 1.82) is 0 Å². The summed E-state index contributed by atoms with van der Waals surface area (Å²) in [5.41, 5.74) is 1.81. The van der Waals surface area contributed by atoms with E-state index in [0.29, 0.717) is 6.54 Å². The number of nitrogens with zero attached hydrogens (tertiary/aromatic N) is 2. The number of carbonyl (C=O) groups excluding carboxylic acids is 1. The molecule has 2 heterocycles. The van der Waals surface area contributed by atoms with Crippen molar-refractivity contribution in [3.8, 4) is 0 Å². The average Bonchev–Trinajstić information content (AvgIpc) is 2.89. The monoisotopic (exact) mass is 393 g/mol. The molecule has 1 aliphatic rings. The normalized spacial score (nSPS) is 18.4. The van der Waals surface area contributed by atoms with Gasteiger partial charge in [0.05, 0.1) is 16.9 Å². The van der Waals surface area contributed by atoms with E-state index in [1.807, 2.05) is 32.4 Å². The molecule has 0 atom stereocenters. The van der Waals surface area contributed by atoms with Crippen LogP contribution in [0.1, 0.15) is 72.7 Å². The van der Waals surface area contributed by atoms with Gasteiger partial charge in [-0.2, -0.15) is 5.10 Å². The second kappa shape index (κ2) is 8.07. The molecule has 1 aliphatic heterocycles. The fraction of sp³-hybridized carbons (Fsp3) is 0.800. The van der Waals surface area contributed by atoms with E-state index in [4.69, 9.17) is 14.0 Å². The quantitative estimate of drug-likeness (QED) is 0.594. The third-order valence-corrected chi connectivity index (χ3v) is 5.39. The zero-order chi connectivity index (χ0) is 21.3. The maximum absolute atomic E-state index is 11.7. The number of alkyl carbamates (subject to hydrolysis) is 1. The van der Waals surface area contributed by atoms with Crippen molar-refractivity contribution in [2.75, 3.05) is 6.54 Å². The number of hydrogen-bond donors (Lipinski definition) is 1. The highest BCUT2D eigenvalue weighted by atomic mass is 16.7. The van der Waals surface area contributed by atoms with E-state index in [1.165, 1.54) is 0 Å². The molecule has 1 aromatic heterocycles. The molecule has 8 heteroatoms. The first-order chi connectivity index (χ1) is 12.7. The Morgan fingerprint density at radius 1 is 1.14 bits per heavy atom. The molecule has 1 saturated heterocycles. The predicted octanol–water partition coefficient (Wildman–Crippen LogP) is 3.10. The van der Waals surface area contributed by atoms with Crippen LogP contribution in [0.3, 0.4) is 0 Å². The van der Waals surface area contributed by atoms with Crippen molar-refractivity contribution in [1.82, 2.24) is 15.1 Å². The summed E-state index contributed by atoms with van der Waals surface area (Å²) in [4.78, 5) is 11.7. The second-order valence-corrected chi connectivity index (χ2v) is 9.53. The fourth-order valence-corrected chi connectivity index (χ4v) is 3.12. The number of unbranched alkanes of at least 4 members (excludes halogenated alkanes) is 1. The summed E-state index contributed by atoms with van der Waals surface area (Å²) >= 11 is 0. The van der Waals surface area contributed by atoms with Crippen LogP contribution >= 0.6 is 0 Å². The number of amides is 1. The van der Waals surface area contributed by atoms with Crippen molar-refractivity contribution in [3.05, 3.63) is 11.4 Å². The lowest BCUT2D eigenvalue weighted by atomic mass is 9.77. The Kier molecular flexibility index (Phi) is 6.56. The van der Waals surface area contributed by atoms with E-state index >= 15 is 0 Å². The first-order valence-corrected chi connectivity index (χ1v) is 10.1. The van der Waals surface area contributed by atoms with Crippen LogP contribution in [0, 0.1) is 13.8 Å². The van der Waals surface area contributed by atoms with Crippen molar-refractivity contribution in [3.63, 3.8) is 0 Å². The molecular formula is C20H36BN3O4. The van der Waals surface area contributed by atoms with Gasteiger partial charge in [-0.05, 0) is 75.2 Å². The van der Waals surface area contributed by atoms with E-state index in [0.717, 1.165) is 36.2 Å². The molecule has 1 amide bonds. The lowest BCUT2D eigenvalue weighted by molar-refractivity contribution is 0.00578. The van der Waals surface area contributed by atoms with Crippen LogP contribution in [0.5, 0.6) is 0 Å². The SMILES string of the molecule is Cc1nn(CCCCNC(=O)OC(C)(C)C)c(C)c1B1OC(C)(C)C(C)(C)O1. The van der Waals surface area contributed by atoms with E-state index in [1.54, 1.807) is 0 Å². The number of aryl methyl sites for hydroxylation is 2. The molecule has 7 nitrogen and oxygen atoms in total. The van der Waals surface area contributed by atoms with Gasteiger partial charge in [-0.3, -0.25) is 4.68 Å². The Morgan fingerprint density at radius 3 is 2.25 bits per heavy atom. The molecule has 1 aromatic rings. The number of carbonyl (C=O) groups is 1. The molecule has 28 heavy (non-hydrogen) atoms. The predicted molar refractivity (Wildman–Crippen MR) is 111 cm³/mol. The van der Waals surface area contributed by atoms with Gasteiger partial charge in [0.2, 0.25) is 0 Å². The Hall–Kier alpha value is -1.54. The lowest BCUT2D eigenvalue weighted by Crippen LogP contribution is -2.41. The third-order valence-electron chi connectivity index (χ3n) is 5.39. The van der Waals surface area contributed by atoms with Gasteiger partial charge in [0, 0.05) is 24.2 Å². The molecule has 0 aromatic carbocycles.